The quantitative estimate of drug-likeness (QED) is 0.785. The number of nitrogens with zero attached hydrogens (tertiary/aromatic N) is 3. The summed E-state index contributed by atoms with van der Waals surface area (Å²) in [4.78, 5) is 26.8. The molecule has 7 nitrogen and oxygen atoms in total. The molecule has 2 aromatic rings. The van der Waals surface area contributed by atoms with Gasteiger partial charge in [-0.25, -0.2) is 9.18 Å². The molecule has 1 saturated heterocycles. The zero-order valence-electron chi connectivity index (χ0n) is 15.7. The van der Waals surface area contributed by atoms with Crippen molar-refractivity contribution in [1.29, 1.82) is 0 Å². The van der Waals surface area contributed by atoms with Crippen LogP contribution in [0.25, 0.3) is 10.9 Å². The summed E-state index contributed by atoms with van der Waals surface area (Å²) >= 11 is 0. The first-order chi connectivity index (χ1) is 12.8. The van der Waals surface area contributed by atoms with E-state index in [0.717, 1.165) is 5.56 Å². The van der Waals surface area contributed by atoms with E-state index in [-0.39, 0.29) is 22.9 Å². The second-order valence-electron chi connectivity index (χ2n) is 7.47. The molecular weight excluding hydrogens is 351 g/mol. The molecule has 27 heavy (non-hydrogen) atoms. The van der Waals surface area contributed by atoms with Crippen LogP contribution in [0.15, 0.2) is 17.1 Å². The predicted molar refractivity (Wildman–Crippen MR) is 102 cm³/mol. The van der Waals surface area contributed by atoms with E-state index in [9.17, 15) is 9.59 Å². The third-order valence-corrected chi connectivity index (χ3v) is 5.74. The molecule has 3 heterocycles. The van der Waals surface area contributed by atoms with Crippen molar-refractivity contribution in [3.05, 3.63) is 39.4 Å². The van der Waals surface area contributed by atoms with Gasteiger partial charge in [0.25, 0.3) is 0 Å². The molecule has 1 fully saturated rings. The molecule has 1 aromatic heterocycles. The number of rotatable bonds is 2. The Morgan fingerprint density at radius 2 is 2.11 bits per heavy atom. The van der Waals surface area contributed by atoms with Crippen LogP contribution in [0.2, 0.25) is 0 Å². The summed E-state index contributed by atoms with van der Waals surface area (Å²) in [6.07, 6.45) is 2.09. The number of aromatic nitrogens is 1. The number of carbonyl (C=O) groups excluding carboxylic acids is 1. The van der Waals surface area contributed by atoms with Gasteiger partial charge in [-0.15, -0.1) is 0 Å². The Labute approximate surface area is 156 Å². The standard InChI is InChI=1S/C19H23FN4O3/c1-10-7-23(9-15(10)21)17-11-4-5-22(2)24-8-13(19(26)27-3)18(25)12(16(11)24)6-14(17)20/h6,8,10,15H,4-5,7,9,21H2,1-3H3/t10-,15+/m0/s1. The Kier molecular flexibility index (Phi) is 4.10. The molecule has 8 heteroatoms. The first kappa shape index (κ1) is 17.8. The molecule has 0 saturated carbocycles. The molecule has 2 atom stereocenters. The smallest absolute Gasteiger partial charge is 0.343 e. The van der Waals surface area contributed by atoms with Gasteiger partial charge in [0.1, 0.15) is 11.4 Å². The Balaban J connectivity index is 2.02. The number of anilines is 1. The zero-order valence-corrected chi connectivity index (χ0v) is 15.7. The van der Waals surface area contributed by atoms with Crippen LogP contribution in [0.5, 0.6) is 0 Å². The summed E-state index contributed by atoms with van der Waals surface area (Å²) in [6, 6.07) is 1.23. The fraction of sp³-hybridized carbons (Fsp3) is 0.474. The second-order valence-corrected chi connectivity index (χ2v) is 7.47. The van der Waals surface area contributed by atoms with Crippen LogP contribution < -0.4 is 21.1 Å². The molecule has 2 aliphatic heterocycles. The largest absolute Gasteiger partial charge is 0.465 e. The minimum Gasteiger partial charge on any atom is -0.465 e. The van der Waals surface area contributed by atoms with Crippen LogP contribution in [-0.2, 0) is 11.2 Å². The topological polar surface area (TPSA) is 80.8 Å². The Hall–Kier alpha value is -2.61. The summed E-state index contributed by atoms with van der Waals surface area (Å²) in [5.41, 5.74) is 7.48. The second kappa shape index (κ2) is 6.23. The van der Waals surface area contributed by atoms with Crippen molar-refractivity contribution in [2.24, 2.45) is 11.7 Å². The number of pyridine rings is 1. The van der Waals surface area contributed by atoms with E-state index in [4.69, 9.17) is 10.5 Å². The van der Waals surface area contributed by atoms with Gasteiger partial charge in [-0.3, -0.25) is 9.47 Å². The van der Waals surface area contributed by atoms with Crippen molar-refractivity contribution >= 4 is 22.6 Å². The lowest BCUT2D eigenvalue weighted by molar-refractivity contribution is 0.0598. The molecule has 0 amide bonds. The number of ether oxygens (including phenoxy) is 1. The van der Waals surface area contributed by atoms with Gasteiger partial charge in [-0.2, -0.15) is 0 Å². The third-order valence-electron chi connectivity index (χ3n) is 5.74. The Bertz CT molecular complexity index is 993. The number of nitrogens with two attached hydrogens (primary N) is 1. The highest BCUT2D eigenvalue weighted by atomic mass is 19.1. The van der Waals surface area contributed by atoms with E-state index >= 15 is 4.39 Å². The molecule has 0 unspecified atom stereocenters. The van der Waals surface area contributed by atoms with E-state index < -0.39 is 17.2 Å². The minimum absolute atomic E-state index is 0.0116. The number of halogens is 1. The summed E-state index contributed by atoms with van der Waals surface area (Å²) in [7, 11) is 3.09. The van der Waals surface area contributed by atoms with Gasteiger partial charge in [-0.05, 0) is 18.4 Å². The lowest BCUT2D eigenvalue weighted by atomic mass is 9.99. The van der Waals surface area contributed by atoms with Gasteiger partial charge in [0, 0.05) is 44.5 Å². The van der Waals surface area contributed by atoms with Crippen LogP contribution in [-0.4, -0.2) is 50.5 Å². The monoisotopic (exact) mass is 374 g/mol. The SMILES string of the molecule is COC(=O)c1cn2c3c(c(N4C[C@@H](N)[C@@H](C)C4)c(F)cc3c1=O)CCN2C. The molecule has 1 aromatic carbocycles. The van der Waals surface area contributed by atoms with E-state index in [1.165, 1.54) is 19.4 Å². The average Bonchev–Trinajstić information content (AvgIpc) is 2.97. The number of hydrogen-bond donors (Lipinski definition) is 1. The van der Waals surface area contributed by atoms with Crippen molar-refractivity contribution in [3.8, 4) is 0 Å². The molecule has 0 spiro atoms. The maximum atomic E-state index is 15.2. The highest BCUT2D eigenvalue weighted by molar-refractivity contribution is 5.96. The molecule has 0 aliphatic carbocycles. The van der Waals surface area contributed by atoms with E-state index in [1.54, 1.807) is 4.68 Å². The molecule has 0 radical (unpaired) electrons. The first-order valence-corrected chi connectivity index (χ1v) is 9.04. The lowest BCUT2D eigenvalue weighted by Crippen LogP contribution is -2.39. The van der Waals surface area contributed by atoms with Gasteiger partial charge in [0.15, 0.2) is 0 Å². The fourth-order valence-corrected chi connectivity index (χ4v) is 4.17. The van der Waals surface area contributed by atoms with E-state index in [1.807, 2.05) is 17.0 Å². The Morgan fingerprint density at radius 1 is 1.37 bits per heavy atom. The van der Waals surface area contributed by atoms with Crippen molar-refractivity contribution in [1.82, 2.24) is 4.68 Å². The number of likely N-dealkylation sites (N-methyl/N-ethyl adjacent to an activating group) is 1. The van der Waals surface area contributed by atoms with E-state index in [0.29, 0.717) is 37.3 Å². The van der Waals surface area contributed by atoms with Crippen molar-refractivity contribution < 1.29 is 13.9 Å². The predicted octanol–water partition coefficient (Wildman–Crippen LogP) is 0.835. The van der Waals surface area contributed by atoms with Crippen LogP contribution in [0.4, 0.5) is 10.1 Å². The average molecular weight is 374 g/mol. The normalized spacial score (nSPS) is 21.8. The van der Waals surface area contributed by atoms with Crippen molar-refractivity contribution in [2.75, 3.05) is 43.7 Å². The molecular formula is C19H23FN4O3. The maximum absolute atomic E-state index is 15.2. The molecule has 0 bridgehead atoms. The molecule has 2 aliphatic rings. The van der Waals surface area contributed by atoms with Crippen LogP contribution in [0.1, 0.15) is 22.8 Å². The number of esters is 1. The molecule has 2 N–H and O–H groups in total. The maximum Gasteiger partial charge on any atom is 0.343 e. The summed E-state index contributed by atoms with van der Waals surface area (Å²) in [5, 5.41) is 2.10. The molecule has 144 valence electrons. The van der Waals surface area contributed by atoms with Crippen LogP contribution in [0.3, 0.4) is 0 Å². The number of hydrogen-bond acceptors (Lipinski definition) is 6. The summed E-state index contributed by atoms with van der Waals surface area (Å²) in [5.74, 6) is -0.911. The van der Waals surface area contributed by atoms with Crippen LogP contribution in [0, 0.1) is 11.7 Å². The minimum atomic E-state index is -0.727. The lowest BCUT2D eigenvalue weighted by Gasteiger charge is -2.33. The fourth-order valence-electron chi connectivity index (χ4n) is 4.17. The zero-order chi connectivity index (χ0) is 19.5. The van der Waals surface area contributed by atoms with Crippen molar-refractivity contribution in [2.45, 2.75) is 19.4 Å². The first-order valence-electron chi connectivity index (χ1n) is 9.04. The van der Waals surface area contributed by atoms with Crippen LogP contribution >= 0.6 is 0 Å². The highest BCUT2D eigenvalue weighted by Crippen LogP contribution is 2.36. The number of methoxy groups -OCH3 is 1. The van der Waals surface area contributed by atoms with Gasteiger partial charge >= 0.3 is 5.97 Å². The number of benzene rings is 1. The van der Waals surface area contributed by atoms with Gasteiger partial charge in [0.05, 0.1) is 23.7 Å². The van der Waals surface area contributed by atoms with E-state index in [2.05, 4.69) is 6.92 Å². The highest BCUT2D eigenvalue weighted by Gasteiger charge is 2.33. The molecule has 4 rings (SSSR count). The van der Waals surface area contributed by atoms with Gasteiger partial charge < -0.3 is 20.4 Å². The Morgan fingerprint density at radius 3 is 2.74 bits per heavy atom. The summed E-state index contributed by atoms with van der Waals surface area (Å²) < 4.78 is 21.6. The van der Waals surface area contributed by atoms with Gasteiger partial charge in [-0.1, -0.05) is 6.92 Å². The third kappa shape index (κ3) is 2.58. The van der Waals surface area contributed by atoms with Crippen molar-refractivity contribution in [3.63, 3.8) is 0 Å². The van der Waals surface area contributed by atoms with Gasteiger partial charge in [0.2, 0.25) is 5.43 Å². The summed E-state index contributed by atoms with van der Waals surface area (Å²) in [6.45, 7) is 3.95. The number of carbonyl (C=O) groups is 1.